The first-order valence-electron chi connectivity index (χ1n) is 5.59. The number of H-pyrrole nitrogens is 1. The maximum Gasteiger partial charge on any atom is 0.416 e. The minimum absolute atomic E-state index is 0.197. The molecule has 8 heteroatoms. The number of nitrogen functional groups attached to an aromatic ring is 1. The Balaban J connectivity index is 2.06. The topological polar surface area (TPSA) is 80.5 Å². The van der Waals surface area contributed by atoms with Gasteiger partial charge in [0.2, 0.25) is 0 Å². The van der Waals surface area contributed by atoms with Crippen LogP contribution in [0.4, 0.5) is 19.0 Å². The minimum Gasteiger partial charge on any atom is -0.382 e. The molecular weight excluding hydrogens is 271 g/mol. The van der Waals surface area contributed by atoms with Crippen LogP contribution in [0.3, 0.4) is 0 Å². The smallest absolute Gasteiger partial charge is 0.382 e. The Morgan fingerprint density at radius 2 is 1.75 bits per heavy atom. The van der Waals surface area contributed by atoms with Gasteiger partial charge in [-0.05, 0) is 12.1 Å². The molecule has 0 saturated heterocycles. The van der Waals surface area contributed by atoms with Crippen molar-refractivity contribution in [1.82, 2.24) is 19.9 Å². The molecule has 3 aromatic rings. The van der Waals surface area contributed by atoms with Gasteiger partial charge in [-0.15, -0.1) is 0 Å². The Bertz CT molecular complexity index is 761. The molecule has 0 amide bonds. The summed E-state index contributed by atoms with van der Waals surface area (Å²) < 4.78 is 37.5. The summed E-state index contributed by atoms with van der Waals surface area (Å²) in [5, 5.41) is 0. The number of anilines is 1. The lowest BCUT2D eigenvalue weighted by Gasteiger charge is -2.07. The number of aromatic amines is 1. The standard InChI is InChI=1S/C12H8F3N5/c13-12(14,15)7-3-1-6(2-4-7)10-19-9(16)8-11(20-10)18-5-17-8/h1-5H,(H3,16,17,18,19,20). The summed E-state index contributed by atoms with van der Waals surface area (Å²) in [6, 6.07) is 4.55. The van der Waals surface area contributed by atoms with Gasteiger partial charge in [0.25, 0.3) is 0 Å². The van der Waals surface area contributed by atoms with Gasteiger partial charge in [0.1, 0.15) is 5.52 Å². The molecule has 0 saturated carbocycles. The molecular formula is C12H8F3N5. The van der Waals surface area contributed by atoms with Crippen LogP contribution in [-0.2, 0) is 6.18 Å². The third-order valence-electron chi connectivity index (χ3n) is 2.78. The largest absolute Gasteiger partial charge is 0.416 e. The summed E-state index contributed by atoms with van der Waals surface area (Å²) in [5.41, 5.74) is 6.32. The van der Waals surface area contributed by atoms with E-state index in [0.29, 0.717) is 16.7 Å². The average molecular weight is 279 g/mol. The molecule has 0 spiro atoms. The van der Waals surface area contributed by atoms with Crippen molar-refractivity contribution in [3.05, 3.63) is 36.2 Å². The van der Waals surface area contributed by atoms with Crippen molar-refractivity contribution in [2.75, 3.05) is 5.73 Å². The van der Waals surface area contributed by atoms with Gasteiger partial charge in [-0.2, -0.15) is 13.2 Å². The predicted molar refractivity (Wildman–Crippen MR) is 66.5 cm³/mol. The molecule has 0 bridgehead atoms. The zero-order valence-electron chi connectivity index (χ0n) is 9.94. The third-order valence-corrected chi connectivity index (χ3v) is 2.78. The number of benzene rings is 1. The van der Waals surface area contributed by atoms with Crippen LogP contribution in [0.15, 0.2) is 30.6 Å². The van der Waals surface area contributed by atoms with E-state index in [9.17, 15) is 13.2 Å². The zero-order chi connectivity index (χ0) is 14.3. The quantitative estimate of drug-likeness (QED) is 0.717. The van der Waals surface area contributed by atoms with Gasteiger partial charge >= 0.3 is 6.18 Å². The van der Waals surface area contributed by atoms with E-state index in [1.807, 2.05) is 0 Å². The Morgan fingerprint density at radius 3 is 2.40 bits per heavy atom. The van der Waals surface area contributed by atoms with Gasteiger partial charge in [0, 0.05) is 5.56 Å². The van der Waals surface area contributed by atoms with Gasteiger partial charge in [0.15, 0.2) is 17.3 Å². The van der Waals surface area contributed by atoms with Crippen LogP contribution in [0, 0.1) is 0 Å². The van der Waals surface area contributed by atoms with Crippen LogP contribution >= 0.6 is 0 Å². The van der Waals surface area contributed by atoms with E-state index in [4.69, 9.17) is 5.73 Å². The van der Waals surface area contributed by atoms with E-state index in [0.717, 1.165) is 12.1 Å². The second-order valence-electron chi connectivity index (χ2n) is 4.11. The fraction of sp³-hybridized carbons (Fsp3) is 0.0833. The number of hydrogen-bond acceptors (Lipinski definition) is 4. The van der Waals surface area contributed by atoms with Crippen molar-refractivity contribution in [2.24, 2.45) is 0 Å². The van der Waals surface area contributed by atoms with Crippen molar-refractivity contribution >= 4 is 17.0 Å². The fourth-order valence-corrected chi connectivity index (χ4v) is 1.79. The molecule has 0 aliphatic rings. The van der Waals surface area contributed by atoms with Gasteiger partial charge in [-0.25, -0.2) is 15.0 Å². The van der Waals surface area contributed by atoms with Gasteiger partial charge < -0.3 is 10.7 Å². The normalized spacial score (nSPS) is 11.9. The highest BCUT2D eigenvalue weighted by atomic mass is 19.4. The molecule has 1 aromatic carbocycles. The Labute approximate surface area is 110 Å². The number of halogens is 3. The average Bonchev–Trinajstić information content (AvgIpc) is 2.86. The first kappa shape index (κ1) is 12.4. The number of aromatic nitrogens is 4. The molecule has 3 rings (SSSR count). The molecule has 5 nitrogen and oxygen atoms in total. The van der Waals surface area contributed by atoms with Crippen LogP contribution in [0.5, 0.6) is 0 Å². The van der Waals surface area contributed by atoms with Crippen LogP contribution in [0.2, 0.25) is 0 Å². The molecule has 0 fully saturated rings. The Morgan fingerprint density at radius 1 is 1.05 bits per heavy atom. The van der Waals surface area contributed by atoms with Crippen molar-refractivity contribution < 1.29 is 13.2 Å². The summed E-state index contributed by atoms with van der Waals surface area (Å²) in [5.74, 6) is 0.429. The molecule has 0 atom stereocenters. The minimum atomic E-state index is -4.37. The number of imidazole rings is 1. The lowest BCUT2D eigenvalue weighted by molar-refractivity contribution is -0.137. The summed E-state index contributed by atoms with van der Waals surface area (Å²) in [6.07, 6.45) is -2.95. The first-order valence-corrected chi connectivity index (χ1v) is 5.59. The Kier molecular flexibility index (Phi) is 2.60. The lowest BCUT2D eigenvalue weighted by Crippen LogP contribution is -2.04. The number of rotatable bonds is 1. The van der Waals surface area contributed by atoms with Crippen molar-refractivity contribution in [2.45, 2.75) is 6.18 Å². The highest BCUT2D eigenvalue weighted by Crippen LogP contribution is 2.30. The van der Waals surface area contributed by atoms with Crippen molar-refractivity contribution in [3.63, 3.8) is 0 Å². The second kappa shape index (κ2) is 4.19. The number of hydrogen-bond donors (Lipinski definition) is 2. The summed E-state index contributed by atoms with van der Waals surface area (Å²) >= 11 is 0. The van der Waals surface area contributed by atoms with E-state index in [-0.39, 0.29) is 11.6 Å². The Hall–Kier alpha value is -2.64. The van der Waals surface area contributed by atoms with E-state index >= 15 is 0 Å². The second-order valence-corrected chi connectivity index (χ2v) is 4.11. The van der Waals surface area contributed by atoms with Crippen LogP contribution in [-0.4, -0.2) is 19.9 Å². The van der Waals surface area contributed by atoms with Crippen LogP contribution in [0.1, 0.15) is 5.56 Å². The number of alkyl halides is 3. The molecule has 102 valence electrons. The predicted octanol–water partition coefficient (Wildman–Crippen LogP) is 2.62. The molecule has 0 aliphatic heterocycles. The SMILES string of the molecule is Nc1nc(-c2ccc(C(F)(F)F)cc2)nc2nc[nH]c12. The van der Waals surface area contributed by atoms with Gasteiger partial charge in [-0.1, -0.05) is 12.1 Å². The van der Waals surface area contributed by atoms with Gasteiger partial charge in [0.05, 0.1) is 11.9 Å². The van der Waals surface area contributed by atoms with Crippen molar-refractivity contribution in [1.29, 1.82) is 0 Å². The van der Waals surface area contributed by atoms with Crippen molar-refractivity contribution in [3.8, 4) is 11.4 Å². The molecule has 0 unspecified atom stereocenters. The molecule has 0 radical (unpaired) electrons. The van der Waals surface area contributed by atoms with Crippen LogP contribution < -0.4 is 5.73 Å². The summed E-state index contributed by atoms with van der Waals surface area (Å²) in [7, 11) is 0. The highest BCUT2D eigenvalue weighted by molar-refractivity contribution is 5.83. The molecule has 2 heterocycles. The van der Waals surface area contributed by atoms with E-state index in [1.165, 1.54) is 18.5 Å². The van der Waals surface area contributed by atoms with Gasteiger partial charge in [-0.3, -0.25) is 0 Å². The molecule has 2 aromatic heterocycles. The maximum atomic E-state index is 12.5. The highest BCUT2D eigenvalue weighted by Gasteiger charge is 2.30. The molecule has 20 heavy (non-hydrogen) atoms. The number of fused-ring (bicyclic) bond motifs is 1. The van der Waals surface area contributed by atoms with Crippen LogP contribution in [0.25, 0.3) is 22.6 Å². The molecule has 0 aliphatic carbocycles. The monoisotopic (exact) mass is 279 g/mol. The van der Waals surface area contributed by atoms with E-state index in [1.54, 1.807) is 0 Å². The lowest BCUT2D eigenvalue weighted by atomic mass is 10.1. The third kappa shape index (κ3) is 2.04. The summed E-state index contributed by atoms with van der Waals surface area (Å²) in [4.78, 5) is 14.9. The number of nitrogens with one attached hydrogen (secondary N) is 1. The number of nitrogens with zero attached hydrogens (tertiary/aromatic N) is 3. The zero-order valence-corrected chi connectivity index (χ0v) is 9.94. The van der Waals surface area contributed by atoms with E-state index in [2.05, 4.69) is 19.9 Å². The number of nitrogens with two attached hydrogens (primary N) is 1. The summed E-state index contributed by atoms with van der Waals surface area (Å²) in [6.45, 7) is 0. The fourth-order valence-electron chi connectivity index (χ4n) is 1.79. The van der Waals surface area contributed by atoms with E-state index < -0.39 is 11.7 Å². The first-order chi connectivity index (χ1) is 9.45. The molecule has 3 N–H and O–H groups in total. The maximum absolute atomic E-state index is 12.5.